The van der Waals surface area contributed by atoms with Gasteiger partial charge in [0.05, 0.1) is 19.1 Å². The predicted molar refractivity (Wildman–Crippen MR) is 150 cm³/mol. The smallest absolute Gasteiger partial charge is 0.321 e. The van der Waals surface area contributed by atoms with Gasteiger partial charge in [0.2, 0.25) is 11.8 Å². The second-order valence-corrected chi connectivity index (χ2v) is 11.2. The number of piperidine rings is 1. The topological polar surface area (TPSA) is 90.0 Å². The van der Waals surface area contributed by atoms with Crippen molar-refractivity contribution in [3.8, 4) is 0 Å². The number of nitrogens with zero attached hydrogens (tertiary/aromatic N) is 3. The first-order chi connectivity index (χ1) is 19.7. The third kappa shape index (κ3) is 5.04. The van der Waals surface area contributed by atoms with Gasteiger partial charge in [-0.25, -0.2) is 9.18 Å². The van der Waals surface area contributed by atoms with Gasteiger partial charge in [-0.15, -0.1) is 0 Å². The Kier molecular flexibility index (Phi) is 7.17. The molecule has 0 radical (unpaired) electrons. The number of halogens is 3. The zero-order valence-corrected chi connectivity index (χ0v) is 23.3. The van der Waals surface area contributed by atoms with Crippen molar-refractivity contribution in [3.63, 3.8) is 0 Å². The van der Waals surface area contributed by atoms with E-state index < -0.39 is 29.7 Å². The van der Waals surface area contributed by atoms with Gasteiger partial charge in [0.25, 0.3) is 5.91 Å². The highest BCUT2D eigenvalue weighted by molar-refractivity contribution is 6.30. The Labute approximate surface area is 245 Å². The first kappa shape index (κ1) is 27.2. The number of urea groups is 1. The number of carbonyl (C=O) groups is 4. The minimum absolute atomic E-state index is 0.0228. The fraction of sp³-hybridized carbons (Fsp3) is 0.267. The molecule has 3 heterocycles. The van der Waals surface area contributed by atoms with Gasteiger partial charge >= 0.3 is 6.03 Å². The summed E-state index contributed by atoms with van der Waals surface area (Å²) in [6.07, 6.45) is 0.310. The van der Waals surface area contributed by atoms with Crippen molar-refractivity contribution in [2.24, 2.45) is 0 Å². The molecule has 3 aromatic carbocycles. The lowest BCUT2D eigenvalue weighted by atomic mass is 9.97. The van der Waals surface area contributed by atoms with Crippen LogP contribution in [0.1, 0.15) is 51.5 Å². The van der Waals surface area contributed by atoms with E-state index in [0.29, 0.717) is 23.1 Å². The van der Waals surface area contributed by atoms with Gasteiger partial charge in [0.15, 0.2) is 0 Å². The van der Waals surface area contributed by atoms with Crippen molar-refractivity contribution in [2.45, 2.75) is 38.0 Å². The van der Waals surface area contributed by atoms with E-state index in [9.17, 15) is 19.2 Å². The Hall–Kier alpha value is -3.95. The number of hydrogen-bond donors (Lipinski definition) is 1. The predicted octanol–water partition coefficient (Wildman–Crippen LogP) is 4.92. The Morgan fingerprint density at radius 1 is 0.878 bits per heavy atom. The molecule has 1 atom stereocenters. The van der Waals surface area contributed by atoms with Crippen molar-refractivity contribution in [1.29, 1.82) is 0 Å². The summed E-state index contributed by atoms with van der Waals surface area (Å²) in [4.78, 5) is 55.2. The lowest BCUT2D eigenvalue weighted by Gasteiger charge is -2.29. The molecular formula is C30H25Cl2FN4O4. The number of imide groups is 1. The van der Waals surface area contributed by atoms with E-state index in [2.05, 4.69) is 5.32 Å². The van der Waals surface area contributed by atoms with Crippen LogP contribution in [-0.4, -0.2) is 57.6 Å². The molecule has 0 spiro atoms. The molecule has 0 bridgehead atoms. The van der Waals surface area contributed by atoms with E-state index in [1.165, 1.54) is 11.0 Å². The highest BCUT2D eigenvalue weighted by Gasteiger charge is 2.41. The van der Waals surface area contributed by atoms with Crippen LogP contribution in [0, 0.1) is 5.82 Å². The summed E-state index contributed by atoms with van der Waals surface area (Å²) in [6, 6.07) is 16.2. The molecule has 5 amide bonds. The van der Waals surface area contributed by atoms with Crippen molar-refractivity contribution in [3.05, 3.63) is 104 Å². The van der Waals surface area contributed by atoms with Crippen LogP contribution in [0.3, 0.4) is 0 Å². The van der Waals surface area contributed by atoms with Crippen molar-refractivity contribution in [1.82, 2.24) is 20.0 Å². The van der Waals surface area contributed by atoms with Crippen molar-refractivity contribution >= 4 is 47.0 Å². The number of amides is 5. The van der Waals surface area contributed by atoms with Gasteiger partial charge in [0.1, 0.15) is 11.9 Å². The monoisotopic (exact) mass is 594 g/mol. The quantitative estimate of drug-likeness (QED) is 0.410. The number of nitrogens with one attached hydrogen (secondary N) is 1. The average Bonchev–Trinajstić information content (AvgIpc) is 3.48. The molecule has 2 fully saturated rings. The first-order valence-corrected chi connectivity index (χ1v) is 14.0. The van der Waals surface area contributed by atoms with Gasteiger partial charge in [-0.1, -0.05) is 53.5 Å². The largest absolute Gasteiger partial charge is 0.322 e. The lowest BCUT2D eigenvalue weighted by molar-refractivity contribution is -0.136. The number of fused-ring (bicyclic) bond motifs is 1. The van der Waals surface area contributed by atoms with Crippen LogP contribution in [0.4, 0.5) is 9.18 Å². The number of benzene rings is 3. The minimum Gasteiger partial charge on any atom is -0.322 e. The highest BCUT2D eigenvalue weighted by Crippen LogP contribution is 2.35. The standard InChI is InChI=1S/C30H25Cl2FN4O4/c31-20-6-1-17(2-7-20)27(18-3-8-21(32)9-4-18)36-14-13-35(30(36)41)15-19-5-10-22-23(26(19)33)16-37(29(22)40)24-11-12-25(38)34-28(24)39/h1-10,24,27H,11-16H2,(H,34,38,39). The highest BCUT2D eigenvalue weighted by atomic mass is 35.5. The van der Waals surface area contributed by atoms with Crippen LogP contribution in [0.25, 0.3) is 0 Å². The Morgan fingerprint density at radius 2 is 1.51 bits per heavy atom. The zero-order valence-electron chi connectivity index (χ0n) is 21.8. The maximum atomic E-state index is 15.8. The van der Waals surface area contributed by atoms with Gasteiger partial charge in [-0.2, -0.15) is 0 Å². The molecule has 6 rings (SSSR count). The summed E-state index contributed by atoms with van der Waals surface area (Å²) in [5.41, 5.74) is 2.42. The van der Waals surface area contributed by atoms with Gasteiger partial charge in [0, 0.05) is 46.2 Å². The maximum absolute atomic E-state index is 15.8. The van der Waals surface area contributed by atoms with Crippen LogP contribution in [0.2, 0.25) is 10.0 Å². The normalized spacial score (nSPS) is 18.9. The number of hydrogen-bond acceptors (Lipinski definition) is 4. The molecule has 0 saturated carbocycles. The second kappa shape index (κ2) is 10.8. The van der Waals surface area contributed by atoms with Gasteiger partial charge < -0.3 is 14.7 Å². The number of rotatable bonds is 6. The molecule has 3 aliphatic rings. The SMILES string of the molecule is O=C1CCC(N2Cc3c(ccc(CN4CCN(C(c5ccc(Cl)cc5)c5ccc(Cl)cc5)C4=O)c3F)C2=O)C(=O)N1. The van der Waals surface area contributed by atoms with Crippen LogP contribution < -0.4 is 5.32 Å². The summed E-state index contributed by atoms with van der Waals surface area (Å²) in [6.45, 7) is 0.752. The Bertz CT molecular complexity index is 1520. The first-order valence-electron chi connectivity index (χ1n) is 13.2. The average molecular weight is 595 g/mol. The molecule has 3 aliphatic heterocycles. The van der Waals surface area contributed by atoms with Crippen LogP contribution >= 0.6 is 23.2 Å². The summed E-state index contributed by atoms with van der Waals surface area (Å²) in [5.74, 6) is -1.95. The van der Waals surface area contributed by atoms with Crippen LogP contribution in [0.15, 0.2) is 60.7 Å². The van der Waals surface area contributed by atoms with E-state index >= 15 is 4.39 Å². The summed E-state index contributed by atoms with van der Waals surface area (Å²) in [7, 11) is 0. The fourth-order valence-corrected chi connectivity index (χ4v) is 6.06. The third-order valence-corrected chi connectivity index (χ3v) is 8.40. The maximum Gasteiger partial charge on any atom is 0.321 e. The summed E-state index contributed by atoms with van der Waals surface area (Å²) < 4.78 is 15.8. The van der Waals surface area contributed by atoms with E-state index in [1.54, 1.807) is 40.1 Å². The fourth-order valence-electron chi connectivity index (χ4n) is 5.81. The molecule has 0 aliphatic carbocycles. The molecule has 1 N–H and O–H groups in total. The van der Waals surface area contributed by atoms with E-state index in [1.807, 2.05) is 24.3 Å². The zero-order chi connectivity index (χ0) is 28.8. The molecule has 0 aromatic heterocycles. The third-order valence-electron chi connectivity index (χ3n) is 7.90. The van der Waals surface area contributed by atoms with E-state index in [0.717, 1.165) is 11.1 Å². The van der Waals surface area contributed by atoms with Crippen molar-refractivity contribution < 1.29 is 23.6 Å². The molecule has 1 unspecified atom stereocenters. The molecule has 41 heavy (non-hydrogen) atoms. The van der Waals surface area contributed by atoms with Crippen LogP contribution in [-0.2, 0) is 22.7 Å². The molecular weight excluding hydrogens is 570 g/mol. The summed E-state index contributed by atoms with van der Waals surface area (Å²) >= 11 is 12.2. The Morgan fingerprint density at radius 3 is 2.12 bits per heavy atom. The second-order valence-electron chi connectivity index (χ2n) is 10.4. The van der Waals surface area contributed by atoms with Crippen molar-refractivity contribution in [2.75, 3.05) is 13.1 Å². The molecule has 3 aromatic rings. The molecule has 11 heteroatoms. The molecule has 8 nitrogen and oxygen atoms in total. The molecule has 210 valence electrons. The minimum atomic E-state index is -0.832. The lowest BCUT2D eigenvalue weighted by Crippen LogP contribution is -2.52. The van der Waals surface area contributed by atoms with E-state index in [-0.39, 0.29) is 54.6 Å². The van der Waals surface area contributed by atoms with Gasteiger partial charge in [-0.05, 0) is 47.9 Å². The van der Waals surface area contributed by atoms with Crippen LogP contribution in [0.5, 0.6) is 0 Å². The molecule has 2 saturated heterocycles. The van der Waals surface area contributed by atoms with E-state index in [4.69, 9.17) is 23.2 Å². The number of carbonyl (C=O) groups excluding carboxylic acids is 4. The van der Waals surface area contributed by atoms with Gasteiger partial charge in [-0.3, -0.25) is 19.7 Å². The summed E-state index contributed by atoms with van der Waals surface area (Å²) in [5, 5.41) is 3.41. The Balaban J connectivity index is 1.23.